The lowest BCUT2D eigenvalue weighted by Gasteiger charge is -2.24. The largest absolute Gasteiger partial charge is 0.497 e. The quantitative estimate of drug-likeness (QED) is 0.801. The Morgan fingerprint density at radius 2 is 2.25 bits per heavy atom. The molecule has 0 aliphatic carbocycles. The minimum absolute atomic E-state index is 0.0294. The molecule has 6 nitrogen and oxygen atoms in total. The topological polar surface area (TPSA) is 64.5 Å². The number of aromatic nitrogens is 2. The molecule has 0 spiro atoms. The zero-order chi connectivity index (χ0) is 17.1. The van der Waals surface area contributed by atoms with Gasteiger partial charge in [-0.05, 0) is 34.5 Å². The molecule has 2 atom stereocenters. The van der Waals surface area contributed by atoms with Gasteiger partial charge in [-0.25, -0.2) is 4.98 Å². The summed E-state index contributed by atoms with van der Waals surface area (Å²) >= 11 is 3.41. The van der Waals surface area contributed by atoms with Crippen LogP contribution in [0.2, 0.25) is 0 Å². The first-order valence-electron chi connectivity index (χ1n) is 7.60. The Morgan fingerprint density at radius 3 is 3.00 bits per heavy atom. The summed E-state index contributed by atoms with van der Waals surface area (Å²) in [5, 5.41) is 0. The van der Waals surface area contributed by atoms with Crippen molar-refractivity contribution in [2.24, 2.45) is 5.92 Å². The molecular formula is C17H18BrN3O3. The number of rotatable bonds is 4. The predicted octanol–water partition coefficient (Wildman–Crippen LogP) is 2.99. The summed E-state index contributed by atoms with van der Waals surface area (Å²) in [6, 6.07) is 5.42. The number of methoxy groups -OCH3 is 1. The molecule has 1 fully saturated rings. The molecule has 0 bridgehead atoms. The second-order valence-corrected chi connectivity index (χ2v) is 6.49. The van der Waals surface area contributed by atoms with E-state index >= 15 is 0 Å². The van der Waals surface area contributed by atoms with E-state index in [0.717, 1.165) is 10.0 Å². The fourth-order valence-corrected chi connectivity index (χ4v) is 3.21. The second kappa shape index (κ2) is 7.27. The Balaban J connectivity index is 1.82. The SMILES string of the molecule is COc1ccnc(N(C)C(=O)[C@@H]2CCO[C@H]2c2cncc(Br)c2)c1. The van der Waals surface area contributed by atoms with Crippen LogP contribution in [-0.2, 0) is 9.53 Å². The van der Waals surface area contributed by atoms with Crippen molar-refractivity contribution in [3.05, 3.63) is 46.8 Å². The first-order valence-corrected chi connectivity index (χ1v) is 8.39. The number of ether oxygens (including phenoxy) is 2. The van der Waals surface area contributed by atoms with Gasteiger partial charge >= 0.3 is 0 Å². The normalized spacial score (nSPS) is 20.0. The molecule has 24 heavy (non-hydrogen) atoms. The van der Waals surface area contributed by atoms with E-state index < -0.39 is 0 Å². The van der Waals surface area contributed by atoms with Crippen molar-refractivity contribution in [1.82, 2.24) is 9.97 Å². The molecule has 2 aromatic rings. The molecule has 3 heterocycles. The highest BCUT2D eigenvalue weighted by Crippen LogP contribution is 2.36. The third-order valence-corrected chi connectivity index (χ3v) is 4.52. The Kier molecular flexibility index (Phi) is 5.11. The van der Waals surface area contributed by atoms with Crippen molar-refractivity contribution in [3.8, 4) is 5.75 Å². The maximum Gasteiger partial charge on any atom is 0.234 e. The lowest BCUT2D eigenvalue weighted by atomic mass is 9.95. The van der Waals surface area contributed by atoms with Crippen LogP contribution >= 0.6 is 15.9 Å². The number of carbonyl (C=O) groups excluding carboxylic acids is 1. The van der Waals surface area contributed by atoms with E-state index in [2.05, 4.69) is 25.9 Å². The Bertz CT molecular complexity index is 741. The molecule has 7 heteroatoms. The average molecular weight is 392 g/mol. The summed E-state index contributed by atoms with van der Waals surface area (Å²) in [5.41, 5.74) is 0.896. The van der Waals surface area contributed by atoms with Crippen LogP contribution in [0.5, 0.6) is 5.75 Å². The molecule has 1 saturated heterocycles. The van der Waals surface area contributed by atoms with Crippen molar-refractivity contribution < 1.29 is 14.3 Å². The minimum atomic E-state index is -0.296. The van der Waals surface area contributed by atoms with Crippen LogP contribution in [0.15, 0.2) is 41.3 Å². The number of anilines is 1. The molecule has 0 saturated carbocycles. The molecule has 1 aliphatic heterocycles. The molecule has 1 aliphatic rings. The molecular weight excluding hydrogens is 374 g/mol. The van der Waals surface area contributed by atoms with Gasteiger partial charge in [-0.2, -0.15) is 0 Å². The Labute approximate surface area is 148 Å². The van der Waals surface area contributed by atoms with Crippen LogP contribution in [0.4, 0.5) is 5.82 Å². The summed E-state index contributed by atoms with van der Waals surface area (Å²) in [6.45, 7) is 0.549. The number of amides is 1. The number of nitrogens with zero attached hydrogens (tertiary/aromatic N) is 3. The molecule has 0 unspecified atom stereocenters. The maximum absolute atomic E-state index is 12.9. The maximum atomic E-state index is 12.9. The van der Waals surface area contributed by atoms with E-state index in [4.69, 9.17) is 9.47 Å². The summed E-state index contributed by atoms with van der Waals surface area (Å²) in [4.78, 5) is 22.9. The van der Waals surface area contributed by atoms with Crippen molar-refractivity contribution in [1.29, 1.82) is 0 Å². The van der Waals surface area contributed by atoms with E-state index in [-0.39, 0.29) is 17.9 Å². The van der Waals surface area contributed by atoms with E-state index in [1.54, 1.807) is 49.8 Å². The third kappa shape index (κ3) is 3.42. The van der Waals surface area contributed by atoms with Gasteiger partial charge in [-0.15, -0.1) is 0 Å². The van der Waals surface area contributed by atoms with Crippen molar-refractivity contribution in [2.45, 2.75) is 12.5 Å². The number of halogens is 1. The Morgan fingerprint density at radius 1 is 1.42 bits per heavy atom. The smallest absolute Gasteiger partial charge is 0.234 e. The number of hydrogen-bond acceptors (Lipinski definition) is 5. The predicted molar refractivity (Wildman–Crippen MR) is 92.9 cm³/mol. The summed E-state index contributed by atoms with van der Waals surface area (Å²) in [5.74, 6) is 0.921. The summed E-state index contributed by atoms with van der Waals surface area (Å²) in [7, 11) is 3.31. The van der Waals surface area contributed by atoms with Crippen molar-refractivity contribution in [3.63, 3.8) is 0 Å². The first-order chi connectivity index (χ1) is 11.6. The van der Waals surface area contributed by atoms with Crippen LogP contribution in [-0.4, -0.2) is 36.6 Å². The molecule has 126 valence electrons. The van der Waals surface area contributed by atoms with Gasteiger partial charge in [-0.1, -0.05) is 0 Å². The van der Waals surface area contributed by atoms with E-state index in [1.165, 1.54) is 0 Å². The fourth-order valence-electron chi connectivity index (χ4n) is 2.83. The lowest BCUT2D eigenvalue weighted by molar-refractivity contribution is -0.123. The van der Waals surface area contributed by atoms with E-state index in [9.17, 15) is 4.79 Å². The standard InChI is InChI=1S/C17H18BrN3O3/c1-21(15-8-13(23-2)3-5-20-15)17(22)14-4-6-24-16(14)11-7-12(18)10-19-9-11/h3,5,7-10,14,16H,4,6H2,1-2H3/t14-,16+/m1/s1. The van der Waals surface area contributed by atoms with Crippen LogP contribution in [0.1, 0.15) is 18.1 Å². The zero-order valence-electron chi connectivity index (χ0n) is 13.5. The minimum Gasteiger partial charge on any atom is -0.497 e. The highest BCUT2D eigenvalue weighted by Gasteiger charge is 2.37. The highest BCUT2D eigenvalue weighted by atomic mass is 79.9. The average Bonchev–Trinajstić information content (AvgIpc) is 3.10. The van der Waals surface area contributed by atoms with Gasteiger partial charge in [0.1, 0.15) is 11.6 Å². The van der Waals surface area contributed by atoms with Gasteiger partial charge in [0.2, 0.25) is 5.91 Å². The molecule has 0 radical (unpaired) electrons. The van der Waals surface area contributed by atoms with Gasteiger partial charge in [0.25, 0.3) is 0 Å². The van der Waals surface area contributed by atoms with Crippen LogP contribution < -0.4 is 9.64 Å². The van der Waals surface area contributed by atoms with Crippen molar-refractivity contribution in [2.75, 3.05) is 25.7 Å². The highest BCUT2D eigenvalue weighted by molar-refractivity contribution is 9.10. The van der Waals surface area contributed by atoms with Crippen LogP contribution in [0.25, 0.3) is 0 Å². The zero-order valence-corrected chi connectivity index (χ0v) is 15.1. The molecule has 1 amide bonds. The van der Waals surface area contributed by atoms with Gasteiger partial charge in [0.05, 0.1) is 19.1 Å². The second-order valence-electron chi connectivity index (χ2n) is 5.57. The third-order valence-electron chi connectivity index (χ3n) is 4.09. The number of pyridine rings is 2. The number of hydrogen-bond donors (Lipinski definition) is 0. The summed E-state index contributed by atoms with van der Waals surface area (Å²) < 4.78 is 11.9. The Hall–Kier alpha value is -1.99. The first kappa shape index (κ1) is 16.9. The molecule has 0 aromatic carbocycles. The summed E-state index contributed by atoms with van der Waals surface area (Å²) in [6.07, 6.45) is 5.45. The van der Waals surface area contributed by atoms with Gasteiger partial charge in [0.15, 0.2) is 0 Å². The van der Waals surface area contributed by atoms with Crippen LogP contribution in [0.3, 0.4) is 0 Å². The van der Waals surface area contributed by atoms with Gasteiger partial charge < -0.3 is 9.47 Å². The van der Waals surface area contributed by atoms with Gasteiger partial charge in [-0.3, -0.25) is 14.7 Å². The molecule has 3 rings (SSSR count). The fraction of sp³-hybridized carbons (Fsp3) is 0.353. The number of carbonyl (C=O) groups is 1. The lowest BCUT2D eigenvalue weighted by Crippen LogP contribution is -2.34. The monoisotopic (exact) mass is 391 g/mol. The van der Waals surface area contributed by atoms with E-state index in [1.807, 2.05) is 6.07 Å². The van der Waals surface area contributed by atoms with Crippen molar-refractivity contribution >= 4 is 27.7 Å². The van der Waals surface area contributed by atoms with E-state index in [0.29, 0.717) is 24.6 Å². The molecule has 2 aromatic heterocycles. The molecule has 0 N–H and O–H groups in total. The van der Waals surface area contributed by atoms with Gasteiger partial charge in [0, 0.05) is 48.3 Å². The van der Waals surface area contributed by atoms with Crippen LogP contribution in [0, 0.1) is 5.92 Å².